The summed E-state index contributed by atoms with van der Waals surface area (Å²) in [4.78, 5) is 0. The van der Waals surface area contributed by atoms with Crippen LogP contribution in [-0.2, 0) is 0 Å². The molecule has 4 aromatic rings. The Kier molecular flexibility index (Phi) is 2.76. The van der Waals surface area contributed by atoms with Gasteiger partial charge in [-0.25, -0.2) is 0 Å². The zero-order chi connectivity index (χ0) is 14.5. The van der Waals surface area contributed by atoms with E-state index < -0.39 is 0 Å². The lowest BCUT2D eigenvalue weighted by molar-refractivity contribution is 1.60. The minimum absolute atomic E-state index is 1.30. The Bertz CT molecular complexity index is 1080. The first-order valence-corrected chi connectivity index (χ1v) is 9.53. The Morgan fingerprint density at radius 3 is 1.36 bits per heavy atom. The molecule has 0 spiro atoms. The van der Waals surface area contributed by atoms with Gasteiger partial charge < -0.3 is 0 Å². The maximum atomic E-state index is 2.32. The summed E-state index contributed by atoms with van der Waals surface area (Å²) in [6.07, 6.45) is 0. The van der Waals surface area contributed by atoms with Crippen molar-refractivity contribution >= 4 is 64.7 Å². The molecule has 22 heavy (non-hydrogen) atoms. The Hall–Kier alpha value is -1.90. The van der Waals surface area contributed by atoms with Gasteiger partial charge in [-0.05, 0) is 90.0 Å². The predicted octanol–water partition coefficient (Wildman–Crippen LogP) is 5.02. The summed E-state index contributed by atoms with van der Waals surface area (Å²) in [6, 6.07) is 22.4. The van der Waals surface area contributed by atoms with Crippen molar-refractivity contribution in [2.24, 2.45) is 0 Å². The van der Waals surface area contributed by atoms with Gasteiger partial charge in [0.15, 0.2) is 0 Å². The quantitative estimate of drug-likeness (QED) is 0.330. The first-order valence-electron chi connectivity index (χ1n) is 7.26. The molecule has 0 bridgehead atoms. The minimum Gasteiger partial charge on any atom is -0.0616 e. The third-order valence-corrected chi connectivity index (χ3v) is 5.99. The minimum atomic E-state index is 1.30. The molecule has 0 radical (unpaired) electrons. The van der Waals surface area contributed by atoms with Crippen molar-refractivity contribution in [1.82, 2.24) is 0 Å². The molecular formula is C20H12S2. The van der Waals surface area contributed by atoms with Crippen LogP contribution in [0.1, 0.15) is 0 Å². The second-order valence-corrected chi connectivity index (χ2v) is 7.67. The first kappa shape index (κ1) is 12.6. The van der Waals surface area contributed by atoms with Crippen LogP contribution in [0.25, 0.3) is 43.1 Å². The van der Waals surface area contributed by atoms with Gasteiger partial charge in [-0.3, -0.25) is 0 Å². The monoisotopic (exact) mass is 316 g/mol. The van der Waals surface area contributed by atoms with Crippen molar-refractivity contribution in [3.8, 4) is 0 Å². The SMILES string of the molecule is C1=c2cc3cc4cc5ccccc5cc4cc3cc2=CSS1. The fourth-order valence-corrected chi connectivity index (χ4v) is 4.82. The highest BCUT2D eigenvalue weighted by Gasteiger charge is 2.03. The molecule has 1 aliphatic rings. The number of rotatable bonds is 0. The van der Waals surface area contributed by atoms with Crippen LogP contribution < -0.4 is 10.4 Å². The fourth-order valence-electron chi connectivity index (χ4n) is 3.14. The largest absolute Gasteiger partial charge is 0.0616 e. The molecule has 1 aliphatic heterocycles. The standard InChI is InChI=1S/C20H12S2/c1-2-4-14-6-16-8-18-10-20-12-22-21-11-19(20)9-17(18)7-15(16)5-13(14)3-1/h1-12H. The fraction of sp³-hybridized carbons (Fsp3) is 0. The smallest absolute Gasteiger partial charge is 0.00991 e. The average Bonchev–Trinajstić information content (AvgIpc) is 2.56. The second-order valence-electron chi connectivity index (χ2n) is 5.66. The van der Waals surface area contributed by atoms with Gasteiger partial charge in [0.1, 0.15) is 0 Å². The van der Waals surface area contributed by atoms with Crippen LogP contribution in [0, 0.1) is 0 Å². The van der Waals surface area contributed by atoms with Crippen LogP contribution in [0.15, 0.2) is 60.7 Å². The molecule has 0 saturated carbocycles. The van der Waals surface area contributed by atoms with Crippen molar-refractivity contribution in [1.29, 1.82) is 0 Å². The Balaban J connectivity index is 1.93. The highest BCUT2D eigenvalue weighted by atomic mass is 33.1. The summed E-state index contributed by atoms with van der Waals surface area (Å²) < 4.78 is 0. The molecule has 1 heterocycles. The summed E-state index contributed by atoms with van der Waals surface area (Å²) in [7, 11) is 3.58. The highest BCUT2D eigenvalue weighted by Crippen LogP contribution is 2.28. The molecule has 5 rings (SSSR count). The second kappa shape index (κ2) is 4.80. The van der Waals surface area contributed by atoms with Crippen molar-refractivity contribution < 1.29 is 0 Å². The number of benzene rings is 4. The summed E-state index contributed by atoms with van der Waals surface area (Å²) in [5, 5.41) is 15.0. The molecule has 0 amide bonds. The molecular weight excluding hydrogens is 304 g/mol. The highest BCUT2D eigenvalue weighted by molar-refractivity contribution is 8.82. The van der Waals surface area contributed by atoms with Crippen LogP contribution in [0.3, 0.4) is 0 Å². The van der Waals surface area contributed by atoms with E-state index in [4.69, 9.17) is 0 Å². The van der Waals surface area contributed by atoms with Gasteiger partial charge in [0.2, 0.25) is 0 Å². The van der Waals surface area contributed by atoms with Crippen LogP contribution in [0.5, 0.6) is 0 Å². The van der Waals surface area contributed by atoms with Crippen LogP contribution in [0.2, 0.25) is 0 Å². The lowest BCUT2D eigenvalue weighted by Gasteiger charge is -2.07. The van der Waals surface area contributed by atoms with Gasteiger partial charge in [0.05, 0.1) is 0 Å². The number of hydrogen-bond donors (Lipinski definition) is 0. The molecule has 0 unspecified atom stereocenters. The normalized spacial score (nSPS) is 13.8. The van der Waals surface area contributed by atoms with Gasteiger partial charge in [-0.2, -0.15) is 0 Å². The van der Waals surface area contributed by atoms with Gasteiger partial charge >= 0.3 is 0 Å². The zero-order valence-corrected chi connectivity index (χ0v) is 13.4. The number of hydrogen-bond acceptors (Lipinski definition) is 2. The van der Waals surface area contributed by atoms with E-state index in [1.165, 1.54) is 42.8 Å². The molecule has 104 valence electrons. The predicted molar refractivity (Wildman–Crippen MR) is 102 cm³/mol. The Labute approximate surface area is 135 Å². The van der Waals surface area contributed by atoms with E-state index >= 15 is 0 Å². The van der Waals surface area contributed by atoms with Crippen molar-refractivity contribution in [3.05, 3.63) is 71.1 Å². The first-order chi connectivity index (χ1) is 10.9. The lowest BCUT2D eigenvalue weighted by Crippen LogP contribution is -2.24. The molecule has 0 nitrogen and oxygen atoms in total. The van der Waals surface area contributed by atoms with E-state index in [9.17, 15) is 0 Å². The van der Waals surface area contributed by atoms with E-state index in [0.717, 1.165) is 0 Å². The topological polar surface area (TPSA) is 0 Å². The van der Waals surface area contributed by atoms with E-state index in [1.54, 1.807) is 21.6 Å². The lowest BCUT2D eigenvalue weighted by atomic mass is 9.99. The van der Waals surface area contributed by atoms with Crippen LogP contribution in [0.4, 0.5) is 0 Å². The molecule has 0 saturated heterocycles. The summed E-state index contributed by atoms with van der Waals surface area (Å²) >= 11 is 0. The Morgan fingerprint density at radius 2 is 0.864 bits per heavy atom. The molecule has 4 aromatic carbocycles. The van der Waals surface area contributed by atoms with Crippen LogP contribution >= 0.6 is 21.6 Å². The van der Waals surface area contributed by atoms with Crippen molar-refractivity contribution in [2.45, 2.75) is 0 Å². The van der Waals surface area contributed by atoms with Gasteiger partial charge in [-0.15, -0.1) is 0 Å². The molecule has 0 fully saturated rings. The van der Waals surface area contributed by atoms with Crippen molar-refractivity contribution in [2.75, 3.05) is 0 Å². The average molecular weight is 316 g/mol. The zero-order valence-electron chi connectivity index (χ0n) is 11.7. The molecule has 2 heteroatoms. The third kappa shape index (κ3) is 1.95. The van der Waals surface area contributed by atoms with E-state index in [1.807, 2.05) is 0 Å². The summed E-state index contributed by atoms with van der Waals surface area (Å²) in [5.74, 6) is 0. The molecule has 0 aromatic heterocycles. The third-order valence-electron chi connectivity index (χ3n) is 4.27. The molecule has 0 atom stereocenters. The Morgan fingerprint density at radius 1 is 0.455 bits per heavy atom. The molecule has 0 N–H and O–H groups in total. The van der Waals surface area contributed by atoms with Crippen LogP contribution in [-0.4, -0.2) is 0 Å². The maximum absolute atomic E-state index is 2.32. The molecule has 0 aliphatic carbocycles. The van der Waals surface area contributed by atoms with Gasteiger partial charge in [-0.1, -0.05) is 45.9 Å². The summed E-state index contributed by atoms with van der Waals surface area (Å²) in [5.41, 5.74) is 0. The van der Waals surface area contributed by atoms with E-state index in [2.05, 4.69) is 71.5 Å². The van der Waals surface area contributed by atoms with Crippen molar-refractivity contribution in [3.63, 3.8) is 0 Å². The van der Waals surface area contributed by atoms with Gasteiger partial charge in [0.25, 0.3) is 0 Å². The number of fused-ring (bicyclic) bond motifs is 4. The van der Waals surface area contributed by atoms with Gasteiger partial charge in [0, 0.05) is 0 Å². The summed E-state index contributed by atoms with van der Waals surface area (Å²) in [6.45, 7) is 0. The maximum Gasteiger partial charge on any atom is -0.00991 e. The van der Waals surface area contributed by atoms with E-state index in [0.29, 0.717) is 0 Å². The van der Waals surface area contributed by atoms with E-state index in [-0.39, 0.29) is 0 Å².